The van der Waals surface area contributed by atoms with E-state index in [1.807, 2.05) is 6.07 Å². The van der Waals surface area contributed by atoms with Crippen molar-refractivity contribution in [2.45, 2.75) is 64.8 Å². The Kier molecular flexibility index (Phi) is 6.42. The summed E-state index contributed by atoms with van der Waals surface area (Å²) in [7, 11) is -1.94. The fourth-order valence-electron chi connectivity index (χ4n) is 3.37. The van der Waals surface area contributed by atoms with Crippen LogP contribution in [0.25, 0.3) is 0 Å². The number of benzene rings is 1. The molecule has 0 heterocycles. The lowest BCUT2D eigenvalue weighted by Crippen LogP contribution is -2.47. The van der Waals surface area contributed by atoms with E-state index in [1.165, 1.54) is 6.07 Å². The molecular weight excluding hydrogens is 335 g/mol. The van der Waals surface area contributed by atoms with Crippen molar-refractivity contribution in [2.24, 2.45) is 0 Å². The van der Waals surface area contributed by atoms with Crippen molar-refractivity contribution in [1.29, 1.82) is 0 Å². The molecule has 0 aromatic heterocycles. The zero-order valence-electron chi connectivity index (χ0n) is 13.3. The average Bonchev–Trinajstić information content (AvgIpc) is 2.31. The Labute approximate surface area is 132 Å². The highest BCUT2D eigenvalue weighted by Crippen LogP contribution is 2.43. The lowest BCUT2D eigenvalue weighted by Gasteiger charge is -2.42. The van der Waals surface area contributed by atoms with Crippen molar-refractivity contribution in [3.8, 4) is 0 Å². The van der Waals surface area contributed by atoms with Crippen molar-refractivity contribution >= 4 is 24.2 Å². The van der Waals surface area contributed by atoms with Crippen LogP contribution in [0.15, 0.2) is 22.7 Å². The molecule has 0 aliphatic carbocycles. The number of halogens is 2. The van der Waals surface area contributed by atoms with E-state index in [1.54, 1.807) is 6.07 Å². The first-order valence-corrected chi connectivity index (χ1v) is 10.2. The van der Waals surface area contributed by atoms with Crippen LogP contribution in [0, 0.1) is 5.82 Å². The van der Waals surface area contributed by atoms with Gasteiger partial charge in [0.2, 0.25) is 8.32 Å². The van der Waals surface area contributed by atoms with E-state index in [0.29, 0.717) is 28.8 Å². The van der Waals surface area contributed by atoms with Crippen molar-refractivity contribution in [1.82, 2.24) is 0 Å². The van der Waals surface area contributed by atoms with Gasteiger partial charge in [-0.2, -0.15) is 0 Å². The standard InChI is InChI=1S/C16H26BrFOSi/c1-11(2)20(12(3)4,13(5)6)19-10-14-15(17)8-7-9-16(14)18/h7-9,11-13H,10H2,1-6H3. The smallest absolute Gasteiger partial charge is 0.200 e. The van der Waals surface area contributed by atoms with E-state index in [9.17, 15) is 4.39 Å². The fourth-order valence-corrected chi connectivity index (χ4v) is 9.22. The average molecular weight is 361 g/mol. The molecule has 1 rings (SSSR count). The van der Waals surface area contributed by atoms with Crippen LogP contribution in [0.1, 0.15) is 47.1 Å². The van der Waals surface area contributed by atoms with Gasteiger partial charge in [-0.1, -0.05) is 63.5 Å². The minimum absolute atomic E-state index is 0.196. The molecule has 1 aromatic rings. The molecule has 1 aromatic carbocycles. The molecule has 0 atom stereocenters. The van der Waals surface area contributed by atoms with Crippen LogP contribution < -0.4 is 0 Å². The van der Waals surface area contributed by atoms with Crippen LogP contribution in [0.2, 0.25) is 16.6 Å². The summed E-state index contributed by atoms with van der Waals surface area (Å²) >= 11 is 3.42. The van der Waals surface area contributed by atoms with Gasteiger partial charge >= 0.3 is 0 Å². The molecule has 1 nitrogen and oxygen atoms in total. The van der Waals surface area contributed by atoms with Crippen LogP contribution in [-0.2, 0) is 11.0 Å². The Balaban J connectivity index is 3.04. The molecule has 0 aliphatic rings. The van der Waals surface area contributed by atoms with Crippen molar-refractivity contribution < 1.29 is 8.82 Å². The summed E-state index contributed by atoms with van der Waals surface area (Å²) in [6.07, 6.45) is 0. The van der Waals surface area contributed by atoms with Gasteiger partial charge in [-0.05, 0) is 28.8 Å². The number of rotatable bonds is 6. The second-order valence-corrected chi connectivity index (χ2v) is 12.6. The second-order valence-electron chi connectivity index (χ2n) is 6.31. The predicted octanol–water partition coefficient (Wildman–Crippen LogP) is 6.28. The summed E-state index contributed by atoms with van der Waals surface area (Å²) in [6, 6.07) is 5.07. The summed E-state index contributed by atoms with van der Waals surface area (Å²) in [5.41, 5.74) is 2.15. The normalized spacial score (nSPS) is 12.8. The molecule has 0 spiro atoms. The summed E-state index contributed by atoms with van der Waals surface area (Å²) in [5, 5.41) is 0. The summed E-state index contributed by atoms with van der Waals surface area (Å²) in [5.74, 6) is -0.196. The molecular formula is C16H26BrFOSi. The van der Waals surface area contributed by atoms with Gasteiger partial charge in [-0.25, -0.2) is 4.39 Å². The van der Waals surface area contributed by atoms with Gasteiger partial charge in [-0.15, -0.1) is 0 Å². The van der Waals surface area contributed by atoms with Gasteiger partial charge < -0.3 is 4.43 Å². The molecule has 0 radical (unpaired) electrons. The Morgan fingerprint density at radius 3 is 1.95 bits per heavy atom. The summed E-state index contributed by atoms with van der Waals surface area (Å²) in [6.45, 7) is 13.8. The molecule has 0 amide bonds. The predicted molar refractivity (Wildman–Crippen MR) is 89.9 cm³/mol. The Bertz CT molecular complexity index is 404. The Morgan fingerprint density at radius 2 is 1.55 bits per heavy atom. The monoisotopic (exact) mass is 360 g/mol. The van der Waals surface area contributed by atoms with E-state index in [4.69, 9.17) is 4.43 Å². The highest BCUT2D eigenvalue weighted by atomic mass is 79.9. The minimum Gasteiger partial charge on any atom is -0.412 e. The van der Waals surface area contributed by atoms with Crippen molar-refractivity contribution in [3.63, 3.8) is 0 Å². The third kappa shape index (κ3) is 3.52. The highest BCUT2D eigenvalue weighted by Gasteiger charge is 2.45. The third-order valence-electron chi connectivity index (χ3n) is 4.24. The molecule has 4 heteroatoms. The van der Waals surface area contributed by atoms with Gasteiger partial charge in [0.25, 0.3) is 0 Å². The molecule has 0 unspecified atom stereocenters. The van der Waals surface area contributed by atoms with Gasteiger partial charge in [0.05, 0.1) is 6.61 Å². The van der Waals surface area contributed by atoms with Crippen LogP contribution in [0.4, 0.5) is 4.39 Å². The van der Waals surface area contributed by atoms with E-state index >= 15 is 0 Å². The first kappa shape index (κ1) is 17.9. The largest absolute Gasteiger partial charge is 0.412 e. The second kappa shape index (κ2) is 7.19. The molecule has 0 aliphatic heterocycles. The van der Waals surface area contributed by atoms with E-state index in [2.05, 4.69) is 57.5 Å². The summed E-state index contributed by atoms with van der Waals surface area (Å²) < 4.78 is 21.2. The molecule has 0 bridgehead atoms. The number of hydrogen-bond acceptors (Lipinski definition) is 1. The summed E-state index contributed by atoms with van der Waals surface area (Å²) in [4.78, 5) is 0. The van der Waals surface area contributed by atoms with E-state index in [-0.39, 0.29) is 5.82 Å². The maximum Gasteiger partial charge on any atom is 0.200 e. The van der Waals surface area contributed by atoms with Crippen LogP contribution in [0.5, 0.6) is 0 Å². The van der Waals surface area contributed by atoms with Gasteiger partial charge in [0, 0.05) is 10.0 Å². The third-order valence-corrected chi connectivity index (χ3v) is 11.0. The molecule has 0 saturated heterocycles. The van der Waals surface area contributed by atoms with Crippen LogP contribution in [-0.4, -0.2) is 8.32 Å². The molecule has 20 heavy (non-hydrogen) atoms. The first-order chi connectivity index (χ1) is 9.23. The van der Waals surface area contributed by atoms with E-state index < -0.39 is 8.32 Å². The van der Waals surface area contributed by atoms with Crippen molar-refractivity contribution in [3.05, 3.63) is 34.1 Å². The lowest BCUT2D eigenvalue weighted by atomic mass is 10.2. The minimum atomic E-state index is -1.94. The fraction of sp³-hybridized carbons (Fsp3) is 0.625. The molecule has 0 N–H and O–H groups in total. The van der Waals surface area contributed by atoms with Gasteiger partial charge in [0.15, 0.2) is 0 Å². The zero-order chi connectivity index (χ0) is 15.5. The maximum absolute atomic E-state index is 13.9. The molecule has 0 saturated carbocycles. The topological polar surface area (TPSA) is 9.23 Å². The number of hydrogen-bond donors (Lipinski definition) is 0. The quantitative estimate of drug-likeness (QED) is 0.542. The highest BCUT2D eigenvalue weighted by molar-refractivity contribution is 9.10. The lowest BCUT2D eigenvalue weighted by molar-refractivity contribution is 0.260. The van der Waals surface area contributed by atoms with Gasteiger partial charge in [0.1, 0.15) is 5.82 Å². The van der Waals surface area contributed by atoms with Crippen molar-refractivity contribution in [2.75, 3.05) is 0 Å². The SMILES string of the molecule is CC(C)[Si](OCc1c(F)cccc1Br)(C(C)C)C(C)C. The first-order valence-electron chi connectivity index (χ1n) is 7.30. The van der Waals surface area contributed by atoms with Crippen LogP contribution in [0.3, 0.4) is 0 Å². The zero-order valence-corrected chi connectivity index (χ0v) is 15.9. The molecule has 0 fully saturated rings. The van der Waals surface area contributed by atoms with Crippen LogP contribution >= 0.6 is 15.9 Å². The molecule has 114 valence electrons. The Morgan fingerprint density at radius 1 is 1.05 bits per heavy atom. The maximum atomic E-state index is 13.9. The Hall–Kier alpha value is -0.193. The van der Waals surface area contributed by atoms with Gasteiger partial charge in [-0.3, -0.25) is 0 Å². The van der Waals surface area contributed by atoms with E-state index in [0.717, 1.165) is 4.47 Å².